The van der Waals surface area contributed by atoms with E-state index in [1.807, 2.05) is 54.7 Å². The molecule has 4 nitrogen and oxygen atoms in total. The van der Waals surface area contributed by atoms with E-state index in [1.165, 1.54) is 32.1 Å². The zero-order chi connectivity index (χ0) is 19.3. The molecule has 0 spiro atoms. The first kappa shape index (κ1) is 20.8. The summed E-state index contributed by atoms with van der Waals surface area (Å²) in [6.45, 7) is 2.42. The van der Waals surface area contributed by atoms with Gasteiger partial charge in [0.2, 0.25) is 5.78 Å². The highest BCUT2D eigenvalue weighted by Crippen LogP contribution is 2.09. The number of amides is 1. The summed E-state index contributed by atoms with van der Waals surface area (Å²) in [4.78, 5) is 24.7. The molecule has 27 heavy (non-hydrogen) atoms. The van der Waals surface area contributed by atoms with E-state index in [4.69, 9.17) is 0 Å². The van der Waals surface area contributed by atoms with E-state index < -0.39 is 0 Å². The fraction of sp³-hybridized carbons (Fsp3) is 0.435. The van der Waals surface area contributed by atoms with Crippen LogP contribution in [0.15, 0.2) is 54.7 Å². The molecule has 0 aliphatic carbocycles. The third-order valence-corrected chi connectivity index (χ3v) is 4.63. The van der Waals surface area contributed by atoms with Crippen molar-refractivity contribution in [3.63, 3.8) is 0 Å². The second-order valence-electron chi connectivity index (χ2n) is 6.92. The Kier molecular flexibility index (Phi) is 9.25. The maximum absolute atomic E-state index is 12.4. The summed E-state index contributed by atoms with van der Waals surface area (Å²) in [6, 6.07) is 14.8. The summed E-state index contributed by atoms with van der Waals surface area (Å²) >= 11 is 0. The Labute approximate surface area is 162 Å². The van der Waals surface area contributed by atoms with Gasteiger partial charge in [0.05, 0.1) is 6.20 Å². The predicted molar refractivity (Wildman–Crippen MR) is 109 cm³/mol. The normalized spacial score (nSPS) is 10.6. The van der Waals surface area contributed by atoms with Crippen LogP contribution in [0.1, 0.15) is 68.6 Å². The number of Topliss-reactive ketones (excluding diaryl/α,β-unsaturated/α-hetero) is 1. The number of ketones is 1. The minimum absolute atomic E-state index is 0.00988. The molecule has 0 saturated heterocycles. The maximum atomic E-state index is 12.4. The minimum atomic E-state index is 0.00988. The molecule has 0 fully saturated rings. The highest BCUT2D eigenvalue weighted by atomic mass is 16.1. The molecule has 0 aliphatic heterocycles. The molecule has 0 aliphatic rings. The van der Waals surface area contributed by atoms with Crippen LogP contribution in [0.4, 0.5) is 5.82 Å². The van der Waals surface area contributed by atoms with Gasteiger partial charge in [0.1, 0.15) is 0 Å². The Morgan fingerprint density at radius 1 is 0.852 bits per heavy atom. The van der Waals surface area contributed by atoms with Gasteiger partial charge in [-0.25, -0.2) is 14.7 Å². The lowest BCUT2D eigenvalue weighted by Crippen LogP contribution is -2.41. The van der Waals surface area contributed by atoms with E-state index in [2.05, 4.69) is 12.2 Å². The van der Waals surface area contributed by atoms with Crippen LogP contribution in [0, 0.1) is 0 Å². The molecule has 4 heteroatoms. The van der Waals surface area contributed by atoms with Gasteiger partial charge in [-0.2, -0.15) is 0 Å². The number of benzene rings is 1. The number of pyridine rings is 1. The van der Waals surface area contributed by atoms with Gasteiger partial charge in [0, 0.05) is 18.1 Å². The molecule has 1 amide bonds. The first-order chi connectivity index (χ1) is 13.2. The van der Waals surface area contributed by atoms with E-state index in [0.717, 1.165) is 12.8 Å². The smallest absolute Gasteiger partial charge is 0.290 e. The number of rotatable bonds is 12. The van der Waals surface area contributed by atoms with E-state index in [1.54, 1.807) is 4.57 Å². The first-order valence-electron chi connectivity index (χ1n) is 10.1. The Balaban J connectivity index is 1.81. The average molecular weight is 368 g/mol. The second kappa shape index (κ2) is 12.0. The number of carbonyl (C=O) groups is 2. The van der Waals surface area contributed by atoms with Gasteiger partial charge >= 0.3 is 5.91 Å². The maximum Gasteiger partial charge on any atom is 0.307 e. The average Bonchev–Trinajstić information content (AvgIpc) is 2.69. The SMILES string of the molecule is CCCCCCCCCC(=O)Nc1cccc[n+]1CC(=O)c1ccccc1. The monoisotopic (exact) mass is 367 g/mol. The third kappa shape index (κ3) is 7.73. The van der Waals surface area contributed by atoms with Gasteiger partial charge in [0.15, 0.2) is 6.54 Å². The molecule has 1 heterocycles. The molecule has 0 radical (unpaired) electrons. The molecular weight excluding hydrogens is 336 g/mol. The topological polar surface area (TPSA) is 50.1 Å². The molecule has 0 bridgehead atoms. The van der Waals surface area contributed by atoms with E-state index in [9.17, 15) is 9.59 Å². The van der Waals surface area contributed by atoms with Crippen LogP contribution in [0.3, 0.4) is 0 Å². The van der Waals surface area contributed by atoms with Crippen molar-refractivity contribution in [2.24, 2.45) is 0 Å². The van der Waals surface area contributed by atoms with Crippen LogP contribution in [0.25, 0.3) is 0 Å². The van der Waals surface area contributed by atoms with Gasteiger partial charge < -0.3 is 0 Å². The number of nitrogens with zero attached hydrogens (tertiary/aromatic N) is 1. The summed E-state index contributed by atoms with van der Waals surface area (Å²) in [5, 5.41) is 2.95. The fourth-order valence-electron chi connectivity index (χ4n) is 3.05. The van der Waals surface area contributed by atoms with E-state index >= 15 is 0 Å². The summed E-state index contributed by atoms with van der Waals surface area (Å²) in [6.07, 6.45) is 10.7. The standard InChI is InChI=1S/C23H30N2O2/c1-2-3-4-5-6-7-11-17-23(27)24-22-16-12-13-18-25(22)19-21(26)20-14-9-8-10-15-20/h8-10,12-16,18H,2-7,11,17,19H2,1H3/p+1. The van der Waals surface area contributed by atoms with Gasteiger partial charge in [-0.1, -0.05) is 81.8 Å². The van der Waals surface area contributed by atoms with Crippen LogP contribution in [-0.2, 0) is 11.3 Å². The van der Waals surface area contributed by atoms with Gasteiger partial charge in [0.25, 0.3) is 5.82 Å². The molecule has 0 unspecified atom stereocenters. The Morgan fingerprint density at radius 3 is 2.26 bits per heavy atom. The van der Waals surface area contributed by atoms with Gasteiger partial charge in [-0.05, 0) is 12.5 Å². The lowest BCUT2D eigenvalue weighted by atomic mass is 10.1. The zero-order valence-corrected chi connectivity index (χ0v) is 16.3. The lowest BCUT2D eigenvalue weighted by molar-refractivity contribution is -0.668. The van der Waals surface area contributed by atoms with Crippen LogP contribution in [0.5, 0.6) is 0 Å². The minimum Gasteiger partial charge on any atom is -0.290 e. The number of anilines is 1. The molecule has 1 aromatic heterocycles. The van der Waals surface area contributed by atoms with Gasteiger partial charge in [-0.15, -0.1) is 0 Å². The largest absolute Gasteiger partial charge is 0.307 e. The van der Waals surface area contributed by atoms with Crippen LogP contribution < -0.4 is 9.88 Å². The molecule has 2 aromatic rings. The number of aromatic nitrogens is 1. The number of carbonyl (C=O) groups excluding carboxylic acids is 2. The van der Waals surface area contributed by atoms with Crippen molar-refractivity contribution < 1.29 is 14.2 Å². The predicted octanol–water partition coefficient (Wildman–Crippen LogP) is 4.94. The number of unbranched alkanes of at least 4 members (excludes halogenated alkanes) is 6. The van der Waals surface area contributed by atoms with E-state index in [-0.39, 0.29) is 18.2 Å². The van der Waals surface area contributed by atoms with Crippen molar-refractivity contribution in [3.05, 3.63) is 60.3 Å². The second-order valence-corrected chi connectivity index (χ2v) is 6.92. The fourth-order valence-corrected chi connectivity index (χ4v) is 3.05. The summed E-state index contributed by atoms with van der Waals surface area (Å²) < 4.78 is 1.79. The molecule has 2 rings (SSSR count). The van der Waals surface area contributed by atoms with E-state index in [0.29, 0.717) is 17.8 Å². The first-order valence-corrected chi connectivity index (χ1v) is 10.1. The molecular formula is C23H31N2O2+. The summed E-state index contributed by atoms with van der Waals surface area (Å²) in [5.74, 6) is 0.694. The summed E-state index contributed by atoms with van der Waals surface area (Å²) in [7, 11) is 0. The van der Waals surface area contributed by atoms with Crippen LogP contribution in [-0.4, -0.2) is 11.7 Å². The van der Waals surface area contributed by atoms with Crippen molar-refractivity contribution in [1.82, 2.24) is 0 Å². The molecule has 1 N–H and O–H groups in total. The molecule has 0 atom stereocenters. The number of hydrogen-bond donors (Lipinski definition) is 1. The van der Waals surface area contributed by atoms with Crippen molar-refractivity contribution in [2.75, 3.05) is 5.32 Å². The third-order valence-electron chi connectivity index (χ3n) is 4.63. The molecule has 144 valence electrons. The Morgan fingerprint density at radius 2 is 1.52 bits per heavy atom. The quantitative estimate of drug-likeness (QED) is 0.328. The number of hydrogen-bond acceptors (Lipinski definition) is 2. The molecule has 1 aromatic carbocycles. The highest BCUT2D eigenvalue weighted by molar-refractivity contribution is 5.95. The van der Waals surface area contributed by atoms with Crippen molar-refractivity contribution in [3.8, 4) is 0 Å². The van der Waals surface area contributed by atoms with Crippen molar-refractivity contribution in [2.45, 2.75) is 64.8 Å². The van der Waals surface area contributed by atoms with Crippen LogP contribution in [0.2, 0.25) is 0 Å². The Bertz CT molecular complexity index is 713. The van der Waals surface area contributed by atoms with Crippen LogP contribution >= 0.6 is 0 Å². The summed E-state index contributed by atoms with van der Waals surface area (Å²) in [5.41, 5.74) is 0.675. The highest BCUT2D eigenvalue weighted by Gasteiger charge is 2.16. The Hall–Kier alpha value is -2.49. The zero-order valence-electron chi connectivity index (χ0n) is 16.3. The molecule has 0 saturated carbocycles. The lowest BCUT2D eigenvalue weighted by Gasteiger charge is -2.06. The number of nitrogens with one attached hydrogen (secondary N) is 1. The van der Waals surface area contributed by atoms with Crippen molar-refractivity contribution >= 4 is 17.5 Å². The van der Waals surface area contributed by atoms with Crippen molar-refractivity contribution in [1.29, 1.82) is 0 Å². The van der Waals surface area contributed by atoms with Gasteiger partial charge in [-0.3, -0.25) is 4.79 Å².